The van der Waals surface area contributed by atoms with Crippen molar-refractivity contribution in [1.82, 2.24) is 10.3 Å². The van der Waals surface area contributed by atoms with Crippen LogP contribution in [0.1, 0.15) is 28.8 Å². The van der Waals surface area contributed by atoms with Gasteiger partial charge in [-0.3, -0.25) is 4.98 Å². The Morgan fingerprint density at radius 2 is 2.17 bits per heavy atom. The average Bonchev–Trinajstić information content (AvgIpc) is 2.82. The molecule has 1 aliphatic rings. The lowest BCUT2D eigenvalue weighted by Crippen LogP contribution is -2.10. The maximum absolute atomic E-state index is 6.21. The molecule has 0 unspecified atom stereocenters. The van der Waals surface area contributed by atoms with Crippen LogP contribution in [0.2, 0.25) is 5.02 Å². The Hall–Kier alpha value is -1.12. The van der Waals surface area contributed by atoms with Crippen molar-refractivity contribution in [3.05, 3.63) is 39.5 Å². The fourth-order valence-corrected chi connectivity index (χ4v) is 3.07. The molecule has 0 amide bonds. The van der Waals surface area contributed by atoms with Crippen molar-refractivity contribution in [2.75, 3.05) is 7.05 Å². The molecule has 2 aromatic rings. The molecule has 0 atom stereocenters. The van der Waals surface area contributed by atoms with Gasteiger partial charge in [0.05, 0.1) is 5.52 Å². The van der Waals surface area contributed by atoms with Gasteiger partial charge in [0.15, 0.2) is 0 Å². The fraction of sp³-hybridized carbons (Fsp3) is 0.400. The van der Waals surface area contributed by atoms with Crippen molar-refractivity contribution in [3.8, 4) is 0 Å². The first-order chi connectivity index (χ1) is 8.72. The number of fused-ring (bicyclic) bond motifs is 2. The topological polar surface area (TPSA) is 24.9 Å². The molecule has 0 saturated heterocycles. The molecule has 94 valence electrons. The van der Waals surface area contributed by atoms with Crippen LogP contribution in [0.3, 0.4) is 0 Å². The van der Waals surface area contributed by atoms with Crippen molar-refractivity contribution in [1.29, 1.82) is 0 Å². The van der Waals surface area contributed by atoms with E-state index in [4.69, 9.17) is 16.6 Å². The zero-order valence-corrected chi connectivity index (χ0v) is 11.6. The van der Waals surface area contributed by atoms with Crippen molar-refractivity contribution in [2.45, 2.75) is 32.7 Å². The minimum Gasteiger partial charge on any atom is -0.316 e. The highest BCUT2D eigenvalue weighted by Gasteiger charge is 2.20. The normalized spacial score (nSPS) is 14.2. The summed E-state index contributed by atoms with van der Waals surface area (Å²) >= 11 is 6.21. The summed E-state index contributed by atoms with van der Waals surface area (Å²) in [6.45, 7) is 2.96. The largest absolute Gasteiger partial charge is 0.316 e. The van der Waals surface area contributed by atoms with Crippen LogP contribution in [0.15, 0.2) is 12.1 Å². The van der Waals surface area contributed by atoms with E-state index in [0.29, 0.717) is 0 Å². The first kappa shape index (κ1) is 11.9. The summed E-state index contributed by atoms with van der Waals surface area (Å²) in [4.78, 5) is 4.85. The van der Waals surface area contributed by atoms with E-state index in [9.17, 15) is 0 Å². The predicted octanol–water partition coefficient (Wildman–Crippen LogP) is 3.40. The smallest absolute Gasteiger partial charge is 0.0752 e. The van der Waals surface area contributed by atoms with E-state index < -0.39 is 0 Å². The van der Waals surface area contributed by atoms with Gasteiger partial charge in [0.25, 0.3) is 0 Å². The van der Waals surface area contributed by atoms with Gasteiger partial charge in [-0.05, 0) is 56.0 Å². The van der Waals surface area contributed by atoms with Gasteiger partial charge in [-0.1, -0.05) is 17.7 Å². The van der Waals surface area contributed by atoms with Gasteiger partial charge in [0.1, 0.15) is 0 Å². The summed E-state index contributed by atoms with van der Waals surface area (Å²) < 4.78 is 0. The summed E-state index contributed by atoms with van der Waals surface area (Å²) in [5, 5.41) is 5.34. The Labute approximate surface area is 112 Å². The molecule has 0 bridgehead atoms. The molecule has 0 saturated carbocycles. The number of aryl methyl sites for hydroxylation is 2. The molecule has 3 rings (SSSR count). The van der Waals surface area contributed by atoms with Gasteiger partial charge in [0.2, 0.25) is 0 Å². The maximum atomic E-state index is 6.21. The molecule has 1 heterocycles. The lowest BCUT2D eigenvalue weighted by atomic mass is 9.99. The van der Waals surface area contributed by atoms with E-state index in [0.717, 1.165) is 35.5 Å². The Balaban J connectivity index is 2.37. The lowest BCUT2D eigenvalue weighted by Gasteiger charge is -2.14. The quantitative estimate of drug-likeness (QED) is 0.895. The van der Waals surface area contributed by atoms with Crippen molar-refractivity contribution in [3.63, 3.8) is 0 Å². The third-order valence-corrected chi connectivity index (χ3v) is 4.25. The van der Waals surface area contributed by atoms with Gasteiger partial charge < -0.3 is 5.32 Å². The van der Waals surface area contributed by atoms with Crippen molar-refractivity contribution < 1.29 is 0 Å². The minimum atomic E-state index is 0.809. The van der Waals surface area contributed by atoms with Crippen LogP contribution in [0, 0.1) is 6.92 Å². The van der Waals surface area contributed by atoms with Gasteiger partial charge in [-0.2, -0.15) is 0 Å². The molecule has 0 fully saturated rings. The molecule has 1 N–H and O–H groups in total. The van der Waals surface area contributed by atoms with E-state index in [-0.39, 0.29) is 0 Å². The Bertz CT molecular complexity index is 620. The van der Waals surface area contributed by atoms with E-state index in [1.807, 2.05) is 13.1 Å². The first-order valence-electron chi connectivity index (χ1n) is 6.46. The number of hydrogen-bond acceptors (Lipinski definition) is 2. The molecule has 1 aromatic heterocycles. The van der Waals surface area contributed by atoms with Crippen molar-refractivity contribution >= 4 is 22.5 Å². The van der Waals surface area contributed by atoms with Crippen LogP contribution in [0.5, 0.6) is 0 Å². The summed E-state index contributed by atoms with van der Waals surface area (Å²) in [6, 6.07) is 4.10. The van der Waals surface area contributed by atoms with Gasteiger partial charge in [0, 0.05) is 22.6 Å². The second-order valence-electron chi connectivity index (χ2n) is 4.97. The second-order valence-corrected chi connectivity index (χ2v) is 5.38. The van der Waals surface area contributed by atoms with Crippen LogP contribution in [0.4, 0.5) is 0 Å². The van der Waals surface area contributed by atoms with Gasteiger partial charge in [-0.25, -0.2) is 0 Å². The van der Waals surface area contributed by atoms with Crippen LogP contribution in [-0.4, -0.2) is 12.0 Å². The molecular formula is C15H17ClN2. The predicted molar refractivity (Wildman–Crippen MR) is 76.3 cm³/mol. The number of aromatic nitrogens is 1. The SMILES string of the molecule is CNCc1c2c(nc3c(C)c(Cl)ccc13)CCC2. The Morgan fingerprint density at radius 3 is 2.94 bits per heavy atom. The Kier molecular flexibility index (Phi) is 3.00. The number of nitrogens with one attached hydrogen (secondary N) is 1. The lowest BCUT2D eigenvalue weighted by molar-refractivity contribution is 0.809. The van der Waals surface area contributed by atoms with E-state index in [2.05, 4.69) is 18.3 Å². The number of pyridine rings is 1. The molecule has 0 radical (unpaired) electrons. The molecule has 18 heavy (non-hydrogen) atoms. The van der Waals surface area contributed by atoms with E-state index >= 15 is 0 Å². The number of nitrogens with zero attached hydrogens (tertiary/aromatic N) is 1. The summed E-state index contributed by atoms with van der Waals surface area (Å²) in [5.41, 5.74) is 6.32. The monoisotopic (exact) mass is 260 g/mol. The minimum absolute atomic E-state index is 0.809. The van der Waals surface area contributed by atoms with Crippen LogP contribution in [0.25, 0.3) is 10.9 Å². The third kappa shape index (κ3) is 1.72. The molecular weight excluding hydrogens is 244 g/mol. The fourth-order valence-electron chi connectivity index (χ4n) is 2.92. The highest BCUT2D eigenvalue weighted by molar-refractivity contribution is 6.32. The summed E-state index contributed by atoms with van der Waals surface area (Å²) in [6.07, 6.45) is 3.49. The van der Waals surface area contributed by atoms with Crippen LogP contribution in [-0.2, 0) is 19.4 Å². The standard InChI is InChI=1S/C15H17ClN2/c1-9-13(16)7-6-11-12(8-17-2)10-4-3-5-14(10)18-15(9)11/h6-7,17H,3-5,8H2,1-2H3. The second kappa shape index (κ2) is 4.52. The average molecular weight is 261 g/mol. The molecule has 3 heteroatoms. The highest BCUT2D eigenvalue weighted by Crippen LogP contribution is 2.33. The zero-order chi connectivity index (χ0) is 12.7. The van der Waals surface area contributed by atoms with Crippen LogP contribution < -0.4 is 5.32 Å². The van der Waals surface area contributed by atoms with Gasteiger partial charge >= 0.3 is 0 Å². The third-order valence-electron chi connectivity index (χ3n) is 3.84. The molecule has 0 aliphatic heterocycles. The molecule has 1 aromatic carbocycles. The maximum Gasteiger partial charge on any atom is 0.0752 e. The molecule has 0 spiro atoms. The Morgan fingerprint density at radius 1 is 1.33 bits per heavy atom. The van der Waals surface area contributed by atoms with Crippen LogP contribution >= 0.6 is 11.6 Å². The summed E-state index contributed by atoms with van der Waals surface area (Å²) in [5.74, 6) is 0. The van der Waals surface area contributed by atoms with Crippen molar-refractivity contribution in [2.24, 2.45) is 0 Å². The first-order valence-corrected chi connectivity index (χ1v) is 6.84. The van der Waals surface area contributed by atoms with E-state index in [1.165, 1.54) is 28.6 Å². The summed E-state index contributed by atoms with van der Waals surface area (Å²) in [7, 11) is 2.00. The number of benzene rings is 1. The molecule has 1 aliphatic carbocycles. The zero-order valence-electron chi connectivity index (χ0n) is 10.8. The number of hydrogen-bond donors (Lipinski definition) is 1. The number of rotatable bonds is 2. The number of halogens is 1. The van der Waals surface area contributed by atoms with Gasteiger partial charge in [-0.15, -0.1) is 0 Å². The molecule has 2 nitrogen and oxygen atoms in total. The highest BCUT2D eigenvalue weighted by atomic mass is 35.5. The van der Waals surface area contributed by atoms with E-state index in [1.54, 1.807) is 0 Å².